The van der Waals surface area contributed by atoms with Crippen LogP contribution < -0.4 is 4.74 Å². The smallest absolute Gasteiger partial charge is 0.219 e. The Hall–Kier alpha value is -1.55. The Morgan fingerprint density at radius 2 is 2.07 bits per heavy atom. The molecule has 0 atom stereocenters. The number of ether oxygens (including phenoxy) is 1. The van der Waals surface area contributed by atoms with Crippen LogP contribution in [0.1, 0.15) is 0 Å². The van der Waals surface area contributed by atoms with Crippen molar-refractivity contribution in [3.63, 3.8) is 0 Å². The predicted octanol–water partition coefficient (Wildman–Crippen LogP) is 3.34. The first-order chi connectivity index (χ1) is 7.24. The second kappa shape index (κ2) is 4.31. The topological polar surface area (TPSA) is 42.4 Å². The number of hydrogen-bond donors (Lipinski definition) is 1. The summed E-state index contributed by atoms with van der Waals surface area (Å²) in [6.45, 7) is 0. The number of phenols is 1. The molecule has 0 saturated carbocycles. The third-order valence-electron chi connectivity index (χ3n) is 1.74. The van der Waals surface area contributed by atoms with E-state index in [0.29, 0.717) is 11.6 Å². The molecule has 0 amide bonds. The lowest BCUT2D eigenvalue weighted by Gasteiger charge is -2.04. The first kappa shape index (κ1) is 9.98. The minimum atomic E-state index is 0.171. The SMILES string of the molecule is Oc1cccc(Oc2ccc(Br)cn2)c1. The Morgan fingerprint density at radius 3 is 2.73 bits per heavy atom. The molecule has 0 aliphatic heterocycles. The van der Waals surface area contributed by atoms with Crippen LogP contribution in [0.2, 0.25) is 0 Å². The van der Waals surface area contributed by atoms with Gasteiger partial charge in [0.1, 0.15) is 11.5 Å². The molecule has 4 heteroatoms. The van der Waals surface area contributed by atoms with Gasteiger partial charge in [-0.2, -0.15) is 0 Å². The van der Waals surface area contributed by atoms with Gasteiger partial charge >= 0.3 is 0 Å². The summed E-state index contributed by atoms with van der Waals surface area (Å²) in [5.41, 5.74) is 0. The average Bonchev–Trinajstić information content (AvgIpc) is 2.22. The lowest BCUT2D eigenvalue weighted by molar-refractivity contribution is 0.445. The van der Waals surface area contributed by atoms with Crippen LogP contribution in [0.15, 0.2) is 47.1 Å². The summed E-state index contributed by atoms with van der Waals surface area (Å²) in [6, 6.07) is 10.2. The largest absolute Gasteiger partial charge is 0.508 e. The Bertz CT molecular complexity index is 456. The van der Waals surface area contributed by atoms with Crippen molar-refractivity contribution in [2.75, 3.05) is 0 Å². The average molecular weight is 266 g/mol. The number of rotatable bonds is 2. The molecule has 1 heterocycles. The molecular weight excluding hydrogens is 258 g/mol. The molecule has 76 valence electrons. The molecule has 15 heavy (non-hydrogen) atoms. The number of nitrogens with zero attached hydrogens (tertiary/aromatic N) is 1. The number of aromatic hydroxyl groups is 1. The second-order valence-corrected chi connectivity index (χ2v) is 3.83. The lowest BCUT2D eigenvalue weighted by Crippen LogP contribution is -1.86. The van der Waals surface area contributed by atoms with Gasteiger partial charge in [0.2, 0.25) is 5.88 Å². The third-order valence-corrected chi connectivity index (χ3v) is 2.21. The first-order valence-corrected chi connectivity index (χ1v) is 5.12. The van der Waals surface area contributed by atoms with E-state index < -0.39 is 0 Å². The van der Waals surface area contributed by atoms with Gasteiger partial charge in [-0.15, -0.1) is 0 Å². The fourth-order valence-corrected chi connectivity index (χ4v) is 1.32. The molecule has 2 rings (SSSR count). The van der Waals surface area contributed by atoms with Crippen LogP contribution in [0, 0.1) is 0 Å². The van der Waals surface area contributed by atoms with Crippen LogP contribution in [0.4, 0.5) is 0 Å². The van der Waals surface area contributed by atoms with Crippen molar-refractivity contribution in [2.24, 2.45) is 0 Å². The number of pyridine rings is 1. The number of aromatic nitrogens is 1. The van der Waals surface area contributed by atoms with Gasteiger partial charge in [0.05, 0.1) is 0 Å². The van der Waals surface area contributed by atoms with E-state index in [2.05, 4.69) is 20.9 Å². The standard InChI is InChI=1S/C11H8BrNO2/c12-8-4-5-11(13-7-8)15-10-3-1-2-9(14)6-10/h1-7,14H. The molecular formula is C11H8BrNO2. The van der Waals surface area contributed by atoms with Crippen LogP contribution in [-0.4, -0.2) is 10.1 Å². The molecule has 3 nitrogen and oxygen atoms in total. The Balaban J connectivity index is 2.18. The third kappa shape index (κ3) is 2.70. The van der Waals surface area contributed by atoms with Crippen LogP contribution in [0.25, 0.3) is 0 Å². The summed E-state index contributed by atoms with van der Waals surface area (Å²) in [4.78, 5) is 4.05. The molecule has 0 aliphatic rings. The molecule has 0 saturated heterocycles. The first-order valence-electron chi connectivity index (χ1n) is 4.32. The van der Waals surface area contributed by atoms with E-state index in [1.165, 1.54) is 6.07 Å². The Kier molecular flexibility index (Phi) is 2.87. The summed E-state index contributed by atoms with van der Waals surface area (Å²) in [5.74, 6) is 1.22. The quantitative estimate of drug-likeness (QED) is 0.906. The Morgan fingerprint density at radius 1 is 1.20 bits per heavy atom. The molecule has 0 radical (unpaired) electrons. The van der Waals surface area contributed by atoms with Gasteiger partial charge in [-0.25, -0.2) is 4.98 Å². The van der Waals surface area contributed by atoms with Crippen molar-refractivity contribution >= 4 is 15.9 Å². The number of halogens is 1. The second-order valence-electron chi connectivity index (χ2n) is 2.91. The summed E-state index contributed by atoms with van der Waals surface area (Å²) in [7, 11) is 0. The number of phenolic OH excluding ortho intramolecular Hbond substituents is 1. The van der Waals surface area contributed by atoms with E-state index in [0.717, 1.165) is 4.47 Å². The van der Waals surface area contributed by atoms with Crippen molar-refractivity contribution in [1.82, 2.24) is 4.98 Å². The van der Waals surface area contributed by atoms with Crippen molar-refractivity contribution in [2.45, 2.75) is 0 Å². The van der Waals surface area contributed by atoms with Gasteiger partial charge in [-0.1, -0.05) is 6.07 Å². The normalized spacial score (nSPS) is 9.93. The van der Waals surface area contributed by atoms with Crippen molar-refractivity contribution in [1.29, 1.82) is 0 Å². The van der Waals surface area contributed by atoms with E-state index in [1.807, 2.05) is 6.07 Å². The van der Waals surface area contributed by atoms with Crippen LogP contribution in [-0.2, 0) is 0 Å². The van der Waals surface area contributed by atoms with Gasteiger partial charge in [0.15, 0.2) is 0 Å². The summed E-state index contributed by atoms with van der Waals surface area (Å²) in [5, 5.41) is 9.23. The molecule has 1 aromatic carbocycles. The van der Waals surface area contributed by atoms with Gasteiger partial charge in [-0.05, 0) is 34.1 Å². The minimum absolute atomic E-state index is 0.171. The van der Waals surface area contributed by atoms with Gasteiger partial charge in [0.25, 0.3) is 0 Å². The maximum absolute atomic E-state index is 9.23. The fourth-order valence-electron chi connectivity index (χ4n) is 1.09. The zero-order valence-electron chi connectivity index (χ0n) is 7.72. The van der Waals surface area contributed by atoms with Crippen LogP contribution in [0.5, 0.6) is 17.4 Å². The minimum Gasteiger partial charge on any atom is -0.508 e. The molecule has 0 unspecified atom stereocenters. The molecule has 1 N–H and O–H groups in total. The van der Waals surface area contributed by atoms with Crippen molar-refractivity contribution < 1.29 is 9.84 Å². The van der Waals surface area contributed by atoms with E-state index in [1.54, 1.807) is 30.5 Å². The van der Waals surface area contributed by atoms with E-state index in [9.17, 15) is 5.11 Å². The highest BCUT2D eigenvalue weighted by Crippen LogP contribution is 2.23. The molecule has 0 bridgehead atoms. The predicted molar refractivity (Wildman–Crippen MR) is 60.1 cm³/mol. The molecule has 0 aliphatic carbocycles. The zero-order valence-corrected chi connectivity index (χ0v) is 9.31. The number of benzene rings is 1. The van der Waals surface area contributed by atoms with E-state index >= 15 is 0 Å². The van der Waals surface area contributed by atoms with E-state index in [-0.39, 0.29) is 5.75 Å². The van der Waals surface area contributed by atoms with E-state index in [4.69, 9.17) is 4.74 Å². The highest BCUT2D eigenvalue weighted by atomic mass is 79.9. The highest BCUT2D eigenvalue weighted by molar-refractivity contribution is 9.10. The van der Waals surface area contributed by atoms with Crippen molar-refractivity contribution in [3.8, 4) is 17.4 Å². The zero-order chi connectivity index (χ0) is 10.7. The van der Waals surface area contributed by atoms with Gasteiger partial charge in [-0.3, -0.25) is 0 Å². The molecule has 0 spiro atoms. The molecule has 0 fully saturated rings. The Labute approximate surface area is 95.5 Å². The molecule has 1 aromatic heterocycles. The fraction of sp³-hybridized carbons (Fsp3) is 0. The van der Waals surface area contributed by atoms with Crippen molar-refractivity contribution in [3.05, 3.63) is 47.1 Å². The lowest BCUT2D eigenvalue weighted by atomic mass is 10.3. The summed E-state index contributed by atoms with van der Waals surface area (Å²) < 4.78 is 6.32. The summed E-state index contributed by atoms with van der Waals surface area (Å²) in [6.07, 6.45) is 1.65. The number of hydrogen-bond acceptors (Lipinski definition) is 3. The molecule has 2 aromatic rings. The van der Waals surface area contributed by atoms with Gasteiger partial charge in [0, 0.05) is 22.8 Å². The van der Waals surface area contributed by atoms with Gasteiger partial charge < -0.3 is 9.84 Å². The maximum Gasteiger partial charge on any atom is 0.219 e. The summed E-state index contributed by atoms with van der Waals surface area (Å²) >= 11 is 3.28. The van der Waals surface area contributed by atoms with Crippen LogP contribution in [0.3, 0.4) is 0 Å². The maximum atomic E-state index is 9.23. The monoisotopic (exact) mass is 265 g/mol. The van der Waals surface area contributed by atoms with Crippen LogP contribution >= 0.6 is 15.9 Å². The highest BCUT2D eigenvalue weighted by Gasteiger charge is 1.98.